The first-order valence-electron chi connectivity index (χ1n) is 6.78. The van der Waals surface area contributed by atoms with Gasteiger partial charge in [-0.15, -0.1) is 11.3 Å². The summed E-state index contributed by atoms with van der Waals surface area (Å²) in [5.41, 5.74) is 0. The average Bonchev–Trinajstić information content (AvgIpc) is 3.30. The van der Waals surface area contributed by atoms with Crippen LogP contribution >= 0.6 is 11.3 Å². The van der Waals surface area contributed by atoms with Crippen molar-refractivity contribution in [2.24, 2.45) is 17.8 Å². The third-order valence-electron chi connectivity index (χ3n) is 4.06. The molecule has 19 heavy (non-hydrogen) atoms. The fourth-order valence-corrected chi connectivity index (χ4v) is 4.85. The van der Waals surface area contributed by atoms with Gasteiger partial charge in [0.05, 0.1) is 11.5 Å². The fourth-order valence-electron chi connectivity index (χ4n) is 2.64. The largest absolute Gasteiger partial charge is 0.391 e. The first kappa shape index (κ1) is 13.5. The number of aliphatic hydroxyl groups is 1. The molecular weight excluding hydrogens is 282 g/mol. The van der Waals surface area contributed by atoms with Gasteiger partial charge in [0.15, 0.2) is 0 Å². The van der Waals surface area contributed by atoms with Gasteiger partial charge < -0.3 is 5.11 Å². The van der Waals surface area contributed by atoms with Gasteiger partial charge in [-0.3, -0.25) is 0 Å². The van der Waals surface area contributed by atoms with Gasteiger partial charge in [-0.25, -0.2) is 13.1 Å². The lowest BCUT2D eigenvalue weighted by Crippen LogP contribution is -2.31. The van der Waals surface area contributed by atoms with Crippen LogP contribution < -0.4 is 4.72 Å². The van der Waals surface area contributed by atoms with Crippen LogP contribution in [0.15, 0.2) is 16.3 Å². The van der Waals surface area contributed by atoms with Crippen LogP contribution in [0.3, 0.4) is 0 Å². The third kappa shape index (κ3) is 3.18. The summed E-state index contributed by atoms with van der Waals surface area (Å²) in [4.78, 5) is 0.966. The Hall–Kier alpha value is -0.430. The van der Waals surface area contributed by atoms with Crippen LogP contribution in [-0.2, 0) is 16.6 Å². The number of thiophene rings is 1. The van der Waals surface area contributed by atoms with Crippen molar-refractivity contribution in [3.8, 4) is 0 Å². The van der Waals surface area contributed by atoms with Gasteiger partial charge in [-0.05, 0) is 49.5 Å². The Morgan fingerprint density at radius 1 is 1.32 bits per heavy atom. The van der Waals surface area contributed by atoms with E-state index in [1.165, 1.54) is 37.0 Å². The molecule has 2 aliphatic rings. The van der Waals surface area contributed by atoms with Crippen molar-refractivity contribution in [1.82, 2.24) is 4.72 Å². The number of nitrogens with one attached hydrogen (secondary N) is 1. The van der Waals surface area contributed by atoms with Crippen molar-refractivity contribution in [1.29, 1.82) is 0 Å². The molecule has 6 heteroatoms. The Bertz CT molecular complexity index is 532. The van der Waals surface area contributed by atoms with E-state index >= 15 is 0 Å². The third-order valence-corrected chi connectivity index (χ3v) is 6.53. The molecule has 1 aromatic rings. The first-order chi connectivity index (χ1) is 9.10. The van der Waals surface area contributed by atoms with Gasteiger partial charge in [0.25, 0.3) is 0 Å². The summed E-state index contributed by atoms with van der Waals surface area (Å²) in [6, 6.07) is 1.55. The molecule has 0 bridgehead atoms. The second-order valence-electron chi connectivity index (χ2n) is 5.60. The van der Waals surface area contributed by atoms with Gasteiger partial charge in [-0.1, -0.05) is 0 Å². The zero-order valence-corrected chi connectivity index (χ0v) is 12.3. The van der Waals surface area contributed by atoms with Crippen LogP contribution in [-0.4, -0.2) is 20.1 Å². The van der Waals surface area contributed by atoms with E-state index in [1.54, 1.807) is 11.4 Å². The molecule has 3 rings (SSSR count). The maximum Gasteiger partial charge on any atom is 0.241 e. The van der Waals surface area contributed by atoms with Crippen LogP contribution in [0.1, 0.15) is 30.6 Å². The molecule has 0 radical (unpaired) electrons. The lowest BCUT2D eigenvalue weighted by atomic mass is 9.99. The highest BCUT2D eigenvalue weighted by molar-refractivity contribution is 7.89. The quantitative estimate of drug-likeness (QED) is 0.809. The van der Waals surface area contributed by atoms with E-state index in [2.05, 4.69) is 4.72 Å². The summed E-state index contributed by atoms with van der Waals surface area (Å²) in [5, 5.41) is 10.6. The van der Waals surface area contributed by atoms with Crippen molar-refractivity contribution in [3.63, 3.8) is 0 Å². The van der Waals surface area contributed by atoms with Crippen molar-refractivity contribution < 1.29 is 13.5 Å². The standard InChI is InChI=1S/C13H19NO3S2/c15-7-11-5-12(8-18-11)19(16,17)14-6-13(9-1-2-9)10-3-4-10/h5,8-10,13-15H,1-4,6-7H2. The number of aliphatic hydroxyl groups excluding tert-OH is 1. The Labute approximate surface area is 117 Å². The molecule has 4 nitrogen and oxygen atoms in total. The fraction of sp³-hybridized carbons (Fsp3) is 0.692. The van der Waals surface area contributed by atoms with Crippen molar-refractivity contribution >= 4 is 21.4 Å². The van der Waals surface area contributed by atoms with Crippen LogP contribution in [0.25, 0.3) is 0 Å². The minimum absolute atomic E-state index is 0.104. The highest BCUT2D eigenvalue weighted by Crippen LogP contribution is 2.48. The Kier molecular flexibility index (Phi) is 3.68. The molecule has 1 heterocycles. The molecule has 2 fully saturated rings. The maximum atomic E-state index is 12.2. The highest BCUT2D eigenvalue weighted by Gasteiger charge is 2.41. The molecular formula is C13H19NO3S2. The molecule has 1 aromatic heterocycles. The van der Waals surface area contributed by atoms with Gasteiger partial charge >= 0.3 is 0 Å². The molecule has 0 aliphatic heterocycles. The van der Waals surface area contributed by atoms with Gasteiger partial charge in [0, 0.05) is 16.8 Å². The molecule has 2 saturated carbocycles. The van der Waals surface area contributed by atoms with Crippen LogP contribution in [0.2, 0.25) is 0 Å². The van der Waals surface area contributed by atoms with E-state index < -0.39 is 10.0 Å². The lowest BCUT2D eigenvalue weighted by Gasteiger charge is -2.15. The maximum absolute atomic E-state index is 12.2. The highest BCUT2D eigenvalue weighted by atomic mass is 32.2. The monoisotopic (exact) mass is 301 g/mol. The predicted molar refractivity (Wildman–Crippen MR) is 74.4 cm³/mol. The Morgan fingerprint density at radius 2 is 1.95 bits per heavy atom. The number of sulfonamides is 1. The molecule has 0 amide bonds. The second kappa shape index (κ2) is 5.16. The minimum atomic E-state index is -3.41. The summed E-state index contributed by atoms with van der Waals surface area (Å²) in [6.45, 7) is 0.467. The number of rotatable bonds is 7. The van der Waals surface area contributed by atoms with Crippen molar-refractivity contribution in [2.75, 3.05) is 6.54 Å². The van der Waals surface area contributed by atoms with Crippen molar-refractivity contribution in [2.45, 2.75) is 37.2 Å². The zero-order chi connectivity index (χ0) is 13.5. The van der Waals surface area contributed by atoms with Gasteiger partial charge in [0.1, 0.15) is 0 Å². The smallest absolute Gasteiger partial charge is 0.241 e. The molecule has 0 unspecified atom stereocenters. The topological polar surface area (TPSA) is 66.4 Å². The molecule has 0 atom stereocenters. The molecule has 2 aliphatic carbocycles. The van der Waals surface area contributed by atoms with E-state index in [9.17, 15) is 8.42 Å². The molecule has 0 saturated heterocycles. The average molecular weight is 301 g/mol. The number of hydrogen-bond acceptors (Lipinski definition) is 4. The van der Waals surface area contributed by atoms with E-state index in [1.807, 2.05) is 0 Å². The van der Waals surface area contributed by atoms with Crippen LogP contribution in [0.5, 0.6) is 0 Å². The Balaban J connectivity index is 1.64. The normalized spacial score (nSPS) is 20.1. The lowest BCUT2D eigenvalue weighted by molar-refractivity contribution is 0.285. The second-order valence-corrected chi connectivity index (χ2v) is 8.36. The number of hydrogen-bond donors (Lipinski definition) is 2. The molecule has 106 valence electrons. The van der Waals surface area contributed by atoms with Gasteiger partial charge in [-0.2, -0.15) is 0 Å². The summed E-state index contributed by atoms with van der Waals surface area (Å²) in [7, 11) is -3.41. The van der Waals surface area contributed by atoms with E-state index in [0.717, 1.165) is 11.8 Å². The molecule has 0 spiro atoms. The first-order valence-corrected chi connectivity index (χ1v) is 9.14. The summed E-state index contributed by atoms with van der Waals surface area (Å²) < 4.78 is 27.1. The summed E-state index contributed by atoms with van der Waals surface area (Å²) in [6.07, 6.45) is 5.04. The predicted octanol–water partition coefficient (Wildman–Crippen LogP) is 1.95. The van der Waals surface area contributed by atoms with E-state index in [0.29, 0.717) is 17.3 Å². The van der Waals surface area contributed by atoms with Gasteiger partial charge in [0.2, 0.25) is 10.0 Å². The molecule has 2 N–H and O–H groups in total. The van der Waals surface area contributed by atoms with E-state index in [4.69, 9.17) is 5.11 Å². The zero-order valence-electron chi connectivity index (χ0n) is 10.7. The minimum Gasteiger partial charge on any atom is -0.391 e. The molecule has 0 aromatic carbocycles. The van der Waals surface area contributed by atoms with Crippen molar-refractivity contribution in [3.05, 3.63) is 16.3 Å². The Morgan fingerprint density at radius 3 is 2.42 bits per heavy atom. The summed E-state index contributed by atoms with van der Waals surface area (Å²) in [5.74, 6) is 2.02. The summed E-state index contributed by atoms with van der Waals surface area (Å²) >= 11 is 1.28. The van der Waals surface area contributed by atoms with Crippen LogP contribution in [0, 0.1) is 17.8 Å². The van der Waals surface area contributed by atoms with Crippen LogP contribution in [0.4, 0.5) is 0 Å². The SMILES string of the molecule is O=S(=O)(NCC(C1CC1)C1CC1)c1csc(CO)c1. The van der Waals surface area contributed by atoms with E-state index in [-0.39, 0.29) is 11.5 Å².